The van der Waals surface area contributed by atoms with E-state index in [2.05, 4.69) is 0 Å². The van der Waals surface area contributed by atoms with Crippen LogP contribution in [0.15, 0.2) is 18.2 Å². The molecule has 0 radical (unpaired) electrons. The number of ether oxygens (including phenoxy) is 1. The number of hydrogen-bond donors (Lipinski definition) is 1. The molecule has 21 heavy (non-hydrogen) atoms. The van der Waals surface area contributed by atoms with Crippen LogP contribution in [0, 0.1) is 0 Å². The van der Waals surface area contributed by atoms with Gasteiger partial charge in [0.2, 0.25) is 5.91 Å². The molecule has 0 saturated carbocycles. The summed E-state index contributed by atoms with van der Waals surface area (Å²) in [6.45, 7) is 2.73. The summed E-state index contributed by atoms with van der Waals surface area (Å²) in [6.07, 6.45) is 0.221. The summed E-state index contributed by atoms with van der Waals surface area (Å²) < 4.78 is 5.30. The second kappa shape index (κ2) is 5.93. The van der Waals surface area contributed by atoms with Crippen molar-refractivity contribution in [2.75, 3.05) is 31.2 Å². The van der Waals surface area contributed by atoms with E-state index in [4.69, 9.17) is 27.9 Å². The van der Waals surface area contributed by atoms with E-state index in [0.717, 1.165) is 18.0 Å². The van der Waals surface area contributed by atoms with Crippen LogP contribution in [-0.2, 0) is 14.3 Å². The van der Waals surface area contributed by atoms with Crippen molar-refractivity contribution in [3.8, 4) is 0 Å². The number of nitrogens with zero attached hydrogens (tertiary/aromatic N) is 1. The first-order chi connectivity index (χ1) is 10.1. The zero-order valence-corrected chi connectivity index (χ0v) is 12.8. The van der Waals surface area contributed by atoms with Gasteiger partial charge in [0.15, 0.2) is 6.04 Å². The van der Waals surface area contributed by atoms with Gasteiger partial charge in [0.05, 0.1) is 25.3 Å². The molecule has 1 aromatic carbocycles. The Bertz CT molecular complexity index is 567. The summed E-state index contributed by atoms with van der Waals surface area (Å²) in [5.74, 6) is -0.391. The normalized spacial score (nSPS) is 23.9. The monoisotopic (exact) mass is 329 g/mol. The van der Waals surface area contributed by atoms with Crippen molar-refractivity contribution in [1.29, 1.82) is 0 Å². The molecule has 7 heteroatoms. The minimum atomic E-state index is -0.334. The minimum absolute atomic E-state index is 0.185. The number of nitrogens with one attached hydrogen (secondary N) is 1. The second-order valence-electron chi connectivity index (χ2n) is 5.22. The maximum absolute atomic E-state index is 12.6. The van der Waals surface area contributed by atoms with E-state index in [-0.39, 0.29) is 24.3 Å². The van der Waals surface area contributed by atoms with Crippen molar-refractivity contribution < 1.29 is 19.2 Å². The van der Waals surface area contributed by atoms with Crippen molar-refractivity contribution >= 4 is 40.7 Å². The SMILES string of the molecule is O=C1C[C@H]([NH+]2CCOCC2)C(=O)N1c1cc(Cl)cc(Cl)c1. The number of morpholine rings is 1. The van der Waals surface area contributed by atoms with Gasteiger partial charge in [0.1, 0.15) is 13.1 Å². The number of amides is 2. The molecule has 3 rings (SSSR count). The Morgan fingerprint density at radius 2 is 1.71 bits per heavy atom. The molecular weight excluding hydrogens is 315 g/mol. The van der Waals surface area contributed by atoms with Gasteiger partial charge in [0.25, 0.3) is 5.91 Å². The molecule has 2 fully saturated rings. The Labute approximate surface area is 132 Å². The molecule has 112 valence electrons. The predicted molar refractivity (Wildman–Crippen MR) is 78.9 cm³/mol. The summed E-state index contributed by atoms with van der Waals surface area (Å²) in [6, 6.07) is 4.40. The third-order valence-corrected chi connectivity index (χ3v) is 4.32. The molecule has 5 nitrogen and oxygen atoms in total. The van der Waals surface area contributed by atoms with E-state index in [1.807, 2.05) is 0 Å². The highest BCUT2D eigenvalue weighted by Gasteiger charge is 2.46. The molecule has 0 aromatic heterocycles. The standard InChI is InChI=1S/C14H14Cl2N2O3/c15-9-5-10(16)7-11(6-9)18-13(19)8-12(14(18)20)17-1-3-21-4-2-17/h5-7,12H,1-4,8H2/p+1/t12-/m0/s1. The Balaban J connectivity index is 1.86. The van der Waals surface area contributed by atoms with Gasteiger partial charge >= 0.3 is 0 Å². The highest BCUT2D eigenvalue weighted by molar-refractivity contribution is 6.35. The Morgan fingerprint density at radius 3 is 2.33 bits per heavy atom. The lowest BCUT2D eigenvalue weighted by Gasteiger charge is -2.27. The topological polar surface area (TPSA) is 51.1 Å². The third kappa shape index (κ3) is 2.92. The van der Waals surface area contributed by atoms with Crippen molar-refractivity contribution in [1.82, 2.24) is 0 Å². The van der Waals surface area contributed by atoms with Crippen LogP contribution in [0.2, 0.25) is 10.0 Å². The number of hydrogen-bond acceptors (Lipinski definition) is 3. The Morgan fingerprint density at radius 1 is 1.10 bits per heavy atom. The number of carbonyl (C=O) groups excluding carboxylic acids is 2. The number of halogens is 2. The fourth-order valence-corrected chi connectivity index (χ4v) is 3.39. The number of imide groups is 1. The van der Waals surface area contributed by atoms with E-state index >= 15 is 0 Å². The van der Waals surface area contributed by atoms with Gasteiger partial charge < -0.3 is 9.64 Å². The second-order valence-corrected chi connectivity index (χ2v) is 6.10. The zero-order chi connectivity index (χ0) is 15.0. The summed E-state index contributed by atoms with van der Waals surface area (Å²) in [5.41, 5.74) is 0.442. The lowest BCUT2D eigenvalue weighted by molar-refractivity contribution is -0.922. The van der Waals surface area contributed by atoms with Crippen LogP contribution in [0.5, 0.6) is 0 Å². The van der Waals surface area contributed by atoms with Crippen LogP contribution < -0.4 is 9.80 Å². The third-order valence-electron chi connectivity index (χ3n) is 3.88. The molecule has 1 aromatic rings. The van der Waals surface area contributed by atoms with Gasteiger partial charge in [-0.2, -0.15) is 0 Å². The molecule has 2 heterocycles. The summed E-state index contributed by atoms with van der Waals surface area (Å²) >= 11 is 11.9. The lowest BCUT2D eigenvalue weighted by atomic mass is 10.2. The zero-order valence-electron chi connectivity index (χ0n) is 11.3. The van der Waals surface area contributed by atoms with Crippen molar-refractivity contribution in [3.63, 3.8) is 0 Å². The summed E-state index contributed by atoms with van der Waals surface area (Å²) in [5, 5.41) is 0.806. The molecule has 2 amide bonds. The first kappa shape index (κ1) is 14.8. The molecule has 1 N–H and O–H groups in total. The van der Waals surface area contributed by atoms with Crippen LogP contribution in [0.3, 0.4) is 0 Å². The number of quaternary nitrogens is 1. The van der Waals surface area contributed by atoms with Crippen LogP contribution in [0.25, 0.3) is 0 Å². The first-order valence-corrected chi connectivity index (χ1v) is 7.57. The van der Waals surface area contributed by atoms with Gasteiger partial charge in [-0.15, -0.1) is 0 Å². The molecule has 1 atom stereocenters. The van der Waals surface area contributed by atoms with Crippen LogP contribution in [-0.4, -0.2) is 44.2 Å². The largest absolute Gasteiger partial charge is 0.370 e. The fourth-order valence-electron chi connectivity index (χ4n) is 2.87. The number of rotatable bonds is 2. The highest BCUT2D eigenvalue weighted by atomic mass is 35.5. The quantitative estimate of drug-likeness (QED) is 0.806. The first-order valence-electron chi connectivity index (χ1n) is 6.81. The maximum atomic E-state index is 12.6. The number of anilines is 1. The van der Waals surface area contributed by atoms with Gasteiger partial charge in [-0.05, 0) is 18.2 Å². The molecule has 2 aliphatic heterocycles. The van der Waals surface area contributed by atoms with Crippen LogP contribution in [0.1, 0.15) is 6.42 Å². The van der Waals surface area contributed by atoms with Crippen molar-refractivity contribution in [2.24, 2.45) is 0 Å². The average molecular weight is 330 g/mol. The smallest absolute Gasteiger partial charge is 0.292 e. The van der Waals surface area contributed by atoms with E-state index in [1.54, 1.807) is 18.2 Å². The minimum Gasteiger partial charge on any atom is -0.370 e. The van der Waals surface area contributed by atoms with Crippen LogP contribution >= 0.6 is 23.2 Å². The molecule has 0 spiro atoms. The Hall–Kier alpha value is -1.14. The van der Waals surface area contributed by atoms with Crippen LogP contribution in [0.4, 0.5) is 5.69 Å². The lowest BCUT2D eigenvalue weighted by Crippen LogP contribution is -3.18. The highest BCUT2D eigenvalue weighted by Crippen LogP contribution is 2.28. The van der Waals surface area contributed by atoms with E-state index in [1.165, 1.54) is 4.90 Å². The fraction of sp³-hybridized carbons (Fsp3) is 0.429. The van der Waals surface area contributed by atoms with E-state index in [0.29, 0.717) is 28.9 Å². The van der Waals surface area contributed by atoms with Gasteiger partial charge in [-0.1, -0.05) is 23.2 Å². The maximum Gasteiger partial charge on any atom is 0.292 e. The van der Waals surface area contributed by atoms with Crippen molar-refractivity contribution in [2.45, 2.75) is 12.5 Å². The number of benzene rings is 1. The number of carbonyl (C=O) groups is 2. The van der Waals surface area contributed by atoms with Gasteiger partial charge in [0, 0.05) is 10.0 Å². The van der Waals surface area contributed by atoms with Gasteiger partial charge in [-0.25, -0.2) is 4.90 Å². The molecule has 2 aliphatic rings. The molecule has 0 aliphatic carbocycles. The summed E-state index contributed by atoms with van der Waals surface area (Å²) in [4.78, 5) is 27.1. The molecule has 0 unspecified atom stereocenters. The average Bonchev–Trinajstić information content (AvgIpc) is 2.74. The van der Waals surface area contributed by atoms with E-state index < -0.39 is 0 Å². The molecule has 2 saturated heterocycles. The predicted octanol–water partition coefficient (Wildman–Crippen LogP) is 0.540. The molecular formula is C14H15Cl2N2O3+. The van der Waals surface area contributed by atoms with E-state index in [9.17, 15) is 9.59 Å². The summed E-state index contributed by atoms with van der Waals surface area (Å²) in [7, 11) is 0. The Kier molecular flexibility index (Phi) is 4.17. The molecule has 0 bridgehead atoms. The van der Waals surface area contributed by atoms with Gasteiger partial charge in [-0.3, -0.25) is 9.59 Å². The van der Waals surface area contributed by atoms with Crippen molar-refractivity contribution in [3.05, 3.63) is 28.2 Å².